The Morgan fingerprint density at radius 3 is 2.80 bits per heavy atom. The number of hydrogen-bond donors (Lipinski definition) is 0. The first-order chi connectivity index (χ1) is 9.58. The number of fused-ring (bicyclic) bond motifs is 1. The lowest BCUT2D eigenvalue weighted by atomic mass is 10.0. The molecule has 1 aromatic heterocycles. The lowest BCUT2D eigenvalue weighted by Crippen LogP contribution is -2.19. The fraction of sp³-hybridized carbons (Fsp3) is 0.533. The van der Waals surface area contributed by atoms with Crippen LogP contribution in [0.15, 0.2) is 23.0 Å². The fourth-order valence-corrected chi connectivity index (χ4v) is 3.62. The fourth-order valence-electron chi connectivity index (χ4n) is 2.92. The molecule has 1 aromatic carbocycles. The van der Waals surface area contributed by atoms with Crippen LogP contribution in [0.4, 0.5) is 0 Å². The normalized spacial score (nSPS) is 20.6. The summed E-state index contributed by atoms with van der Waals surface area (Å²) < 4.78 is 9.07. The highest BCUT2D eigenvalue weighted by Crippen LogP contribution is 2.33. The molecule has 3 rings (SSSR count). The van der Waals surface area contributed by atoms with E-state index in [4.69, 9.17) is 4.74 Å². The Balaban J connectivity index is 1.92. The van der Waals surface area contributed by atoms with E-state index in [9.17, 15) is 4.79 Å². The highest BCUT2D eigenvalue weighted by atomic mass is 79.9. The number of rotatable bonds is 3. The maximum Gasteiger partial charge on any atom is 0.328 e. The van der Waals surface area contributed by atoms with E-state index in [0.29, 0.717) is 6.10 Å². The van der Waals surface area contributed by atoms with Gasteiger partial charge in [-0.15, -0.1) is 0 Å². The summed E-state index contributed by atoms with van der Waals surface area (Å²) >= 11 is 3.76. The molecule has 0 spiro atoms. The van der Waals surface area contributed by atoms with Crippen LogP contribution in [0.2, 0.25) is 0 Å². The van der Waals surface area contributed by atoms with Crippen molar-refractivity contribution in [1.29, 1.82) is 0 Å². The van der Waals surface area contributed by atoms with Crippen molar-refractivity contribution in [3.8, 4) is 0 Å². The number of hydrogen-bond acceptors (Lipinski definition) is 2. The topological polar surface area (TPSA) is 36.2 Å². The van der Waals surface area contributed by atoms with E-state index in [-0.39, 0.29) is 10.5 Å². The van der Waals surface area contributed by atoms with Gasteiger partial charge in [-0.05, 0) is 37.0 Å². The second-order valence-electron chi connectivity index (χ2n) is 5.49. The predicted molar refractivity (Wildman–Crippen MR) is 83.4 cm³/mol. The Kier molecular flexibility index (Phi) is 3.73. The summed E-state index contributed by atoms with van der Waals surface area (Å²) in [7, 11) is 3.63. The van der Waals surface area contributed by atoms with Crippen molar-refractivity contribution in [2.75, 3.05) is 6.61 Å². The number of alkyl halides is 1. The molecule has 108 valence electrons. The smallest absolute Gasteiger partial charge is 0.328 e. The predicted octanol–water partition coefficient (Wildman–Crippen LogP) is 2.88. The third kappa shape index (κ3) is 2.33. The van der Waals surface area contributed by atoms with Crippen LogP contribution in [0.1, 0.15) is 29.7 Å². The molecule has 1 fully saturated rings. The number of benzene rings is 1. The molecule has 2 atom stereocenters. The molecule has 1 saturated heterocycles. The standard InChI is InChI=1S/C15H19BrN2O2/c1-17-13-6-5-10(8-14(13)18(2)15(17)19)12(16)9-11-4-3-7-20-11/h5-6,8,11-12H,3-4,7,9H2,1-2H3. The van der Waals surface area contributed by atoms with Crippen molar-refractivity contribution in [1.82, 2.24) is 9.13 Å². The molecule has 5 heteroatoms. The number of aromatic nitrogens is 2. The van der Waals surface area contributed by atoms with Crippen molar-refractivity contribution in [2.24, 2.45) is 14.1 Å². The van der Waals surface area contributed by atoms with Gasteiger partial charge in [0.2, 0.25) is 0 Å². The summed E-state index contributed by atoms with van der Waals surface area (Å²) in [6.07, 6.45) is 3.64. The average molecular weight is 339 g/mol. The first kappa shape index (κ1) is 13.9. The van der Waals surface area contributed by atoms with Crippen LogP contribution in [-0.2, 0) is 18.8 Å². The van der Waals surface area contributed by atoms with E-state index in [1.807, 2.05) is 20.2 Å². The largest absolute Gasteiger partial charge is 0.378 e. The minimum atomic E-state index is 0.0161. The molecule has 0 N–H and O–H groups in total. The molecule has 2 unspecified atom stereocenters. The minimum Gasteiger partial charge on any atom is -0.378 e. The van der Waals surface area contributed by atoms with E-state index >= 15 is 0 Å². The van der Waals surface area contributed by atoms with Crippen LogP contribution in [0, 0.1) is 0 Å². The average Bonchev–Trinajstić information content (AvgIpc) is 3.03. The van der Waals surface area contributed by atoms with Crippen LogP contribution < -0.4 is 5.69 Å². The van der Waals surface area contributed by atoms with Crippen LogP contribution in [0.25, 0.3) is 11.0 Å². The molecule has 2 aromatic rings. The van der Waals surface area contributed by atoms with Crippen LogP contribution >= 0.6 is 15.9 Å². The molecule has 1 aliphatic heterocycles. The van der Waals surface area contributed by atoms with Crippen molar-refractivity contribution in [2.45, 2.75) is 30.2 Å². The Bertz CT molecular complexity index is 683. The summed E-state index contributed by atoms with van der Waals surface area (Å²) in [5, 5.41) is 0. The van der Waals surface area contributed by atoms with Gasteiger partial charge in [0, 0.05) is 25.5 Å². The molecule has 0 amide bonds. The van der Waals surface area contributed by atoms with Crippen LogP contribution in [0.3, 0.4) is 0 Å². The molecule has 0 aliphatic carbocycles. The van der Waals surface area contributed by atoms with Gasteiger partial charge in [-0.3, -0.25) is 9.13 Å². The van der Waals surface area contributed by atoms with Crippen molar-refractivity contribution in [3.05, 3.63) is 34.2 Å². The third-order valence-corrected chi connectivity index (χ3v) is 5.05. The van der Waals surface area contributed by atoms with Gasteiger partial charge in [-0.25, -0.2) is 4.79 Å². The van der Waals surface area contributed by atoms with Gasteiger partial charge in [0.25, 0.3) is 0 Å². The zero-order chi connectivity index (χ0) is 14.3. The van der Waals surface area contributed by atoms with E-state index < -0.39 is 0 Å². The lowest BCUT2D eigenvalue weighted by molar-refractivity contribution is 0.104. The number of nitrogens with zero attached hydrogens (tertiary/aromatic N) is 2. The zero-order valence-electron chi connectivity index (χ0n) is 11.8. The van der Waals surface area contributed by atoms with Gasteiger partial charge in [0.15, 0.2) is 0 Å². The highest BCUT2D eigenvalue weighted by molar-refractivity contribution is 9.09. The van der Waals surface area contributed by atoms with Gasteiger partial charge in [-0.1, -0.05) is 22.0 Å². The molecule has 0 saturated carbocycles. The number of aryl methyl sites for hydroxylation is 2. The maximum absolute atomic E-state index is 11.9. The Hall–Kier alpha value is -1.07. The van der Waals surface area contributed by atoms with Crippen LogP contribution in [-0.4, -0.2) is 21.8 Å². The summed E-state index contributed by atoms with van der Waals surface area (Å²) in [6, 6.07) is 6.22. The molecule has 0 bridgehead atoms. The SMILES string of the molecule is Cn1c(=O)n(C)c2cc(C(Br)CC3CCCO3)ccc21. The van der Waals surface area contributed by atoms with Gasteiger partial charge in [0.1, 0.15) is 0 Å². The van der Waals surface area contributed by atoms with Crippen LogP contribution in [0.5, 0.6) is 0 Å². The summed E-state index contributed by atoms with van der Waals surface area (Å²) in [4.78, 5) is 12.2. The van der Waals surface area contributed by atoms with Crippen molar-refractivity contribution >= 4 is 27.0 Å². The number of halogens is 1. The highest BCUT2D eigenvalue weighted by Gasteiger charge is 2.21. The summed E-state index contributed by atoms with van der Waals surface area (Å²) in [6.45, 7) is 0.886. The minimum absolute atomic E-state index is 0.0161. The number of ether oxygens (including phenoxy) is 1. The second-order valence-corrected chi connectivity index (χ2v) is 6.59. The van der Waals surface area contributed by atoms with Gasteiger partial charge < -0.3 is 4.74 Å². The maximum atomic E-state index is 11.9. The Morgan fingerprint density at radius 1 is 1.35 bits per heavy atom. The Labute approximate surface area is 126 Å². The monoisotopic (exact) mass is 338 g/mol. The van der Waals surface area contributed by atoms with Crippen molar-refractivity contribution in [3.63, 3.8) is 0 Å². The quantitative estimate of drug-likeness (QED) is 0.807. The molecule has 1 aliphatic rings. The number of imidazole rings is 1. The zero-order valence-corrected chi connectivity index (χ0v) is 13.4. The van der Waals surface area contributed by atoms with Gasteiger partial charge in [0.05, 0.1) is 17.1 Å². The first-order valence-corrected chi connectivity index (χ1v) is 7.90. The van der Waals surface area contributed by atoms with E-state index in [0.717, 1.165) is 36.9 Å². The van der Waals surface area contributed by atoms with E-state index in [2.05, 4.69) is 28.1 Å². The molecular formula is C15H19BrN2O2. The summed E-state index contributed by atoms with van der Waals surface area (Å²) in [5.74, 6) is 0. The molecule has 20 heavy (non-hydrogen) atoms. The second kappa shape index (κ2) is 5.37. The van der Waals surface area contributed by atoms with E-state index in [1.165, 1.54) is 5.56 Å². The molecule has 0 radical (unpaired) electrons. The van der Waals surface area contributed by atoms with Gasteiger partial charge in [-0.2, -0.15) is 0 Å². The Morgan fingerprint density at radius 2 is 2.10 bits per heavy atom. The van der Waals surface area contributed by atoms with Crippen molar-refractivity contribution < 1.29 is 4.74 Å². The van der Waals surface area contributed by atoms with E-state index in [1.54, 1.807) is 9.13 Å². The molecule has 4 nitrogen and oxygen atoms in total. The first-order valence-electron chi connectivity index (χ1n) is 6.99. The molecule has 2 heterocycles. The van der Waals surface area contributed by atoms with Gasteiger partial charge >= 0.3 is 5.69 Å². The third-order valence-electron chi connectivity index (χ3n) is 4.15. The summed E-state index contributed by atoms with van der Waals surface area (Å²) in [5.41, 5.74) is 3.17. The molecular weight excluding hydrogens is 320 g/mol. The lowest BCUT2D eigenvalue weighted by Gasteiger charge is -2.15.